The molecule has 0 aliphatic rings. The lowest BCUT2D eigenvalue weighted by molar-refractivity contribution is -0.384. The highest BCUT2D eigenvalue weighted by atomic mass is 35.5. The van der Waals surface area contributed by atoms with E-state index in [-0.39, 0.29) is 10.7 Å². The first kappa shape index (κ1) is 11.0. The lowest BCUT2D eigenvalue weighted by atomic mass is 10.1. The third kappa shape index (κ3) is 1.54. The molecule has 4 nitrogen and oxygen atoms in total. The van der Waals surface area contributed by atoms with E-state index in [4.69, 9.17) is 16.0 Å². The second-order valence-electron chi connectivity index (χ2n) is 4.16. The summed E-state index contributed by atoms with van der Waals surface area (Å²) >= 11 is 5.90. The number of aryl methyl sites for hydroxylation is 1. The fourth-order valence-electron chi connectivity index (χ4n) is 2.03. The predicted octanol–water partition coefficient (Wildman–Crippen LogP) is 4.46. The molecule has 18 heavy (non-hydrogen) atoms. The van der Waals surface area contributed by atoms with Crippen LogP contribution in [0.2, 0.25) is 5.02 Å². The van der Waals surface area contributed by atoms with E-state index in [9.17, 15) is 10.1 Å². The smallest absolute Gasteiger partial charge is 0.291 e. The van der Waals surface area contributed by atoms with Gasteiger partial charge in [-0.15, -0.1) is 0 Å². The minimum absolute atomic E-state index is 0.121. The van der Waals surface area contributed by atoms with Gasteiger partial charge in [-0.3, -0.25) is 10.1 Å². The number of nitrogens with zero attached hydrogens (tertiary/aromatic N) is 1. The lowest BCUT2D eigenvalue weighted by Gasteiger charge is -1.95. The Morgan fingerprint density at radius 3 is 2.61 bits per heavy atom. The van der Waals surface area contributed by atoms with Crippen molar-refractivity contribution in [3.63, 3.8) is 0 Å². The summed E-state index contributed by atoms with van der Waals surface area (Å²) in [6.07, 6.45) is 0. The average molecular weight is 262 g/mol. The van der Waals surface area contributed by atoms with Gasteiger partial charge >= 0.3 is 0 Å². The molecule has 0 aliphatic carbocycles. The maximum absolute atomic E-state index is 10.8. The van der Waals surface area contributed by atoms with Crippen molar-refractivity contribution >= 4 is 39.2 Å². The molecule has 0 spiro atoms. The number of halogens is 1. The van der Waals surface area contributed by atoms with Crippen LogP contribution in [0.4, 0.5) is 5.69 Å². The SMILES string of the molecule is Cc1ccc2c(c1)oc1cc([N+](=O)[O-])c(Cl)cc12. The molecular weight excluding hydrogens is 254 g/mol. The number of hydrogen-bond donors (Lipinski definition) is 0. The van der Waals surface area contributed by atoms with Crippen molar-refractivity contribution in [3.8, 4) is 0 Å². The van der Waals surface area contributed by atoms with Crippen LogP contribution >= 0.6 is 11.6 Å². The van der Waals surface area contributed by atoms with E-state index in [1.54, 1.807) is 6.07 Å². The van der Waals surface area contributed by atoms with Gasteiger partial charge in [0.2, 0.25) is 0 Å². The van der Waals surface area contributed by atoms with E-state index in [2.05, 4.69) is 0 Å². The first-order chi connectivity index (χ1) is 8.56. The third-order valence-corrected chi connectivity index (χ3v) is 3.20. The van der Waals surface area contributed by atoms with Crippen LogP contribution in [0, 0.1) is 17.0 Å². The molecule has 0 radical (unpaired) electrons. The fraction of sp³-hybridized carbons (Fsp3) is 0.0769. The van der Waals surface area contributed by atoms with Gasteiger partial charge in [-0.25, -0.2) is 0 Å². The molecular formula is C13H8ClNO3. The number of rotatable bonds is 1. The quantitative estimate of drug-likeness (QED) is 0.480. The Kier molecular flexibility index (Phi) is 2.28. The minimum atomic E-state index is -0.514. The van der Waals surface area contributed by atoms with Crippen molar-refractivity contribution in [2.75, 3.05) is 0 Å². The molecule has 0 atom stereocenters. The van der Waals surface area contributed by atoms with Gasteiger partial charge in [-0.05, 0) is 24.6 Å². The Hall–Kier alpha value is -2.07. The van der Waals surface area contributed by atoms with Crippen molar-refractivity contribution in [1.82, 2.24) is 0 Å². The summed E-state index contributed by atoms with van der Waals surface area (Å²) in [5, 5.41) is 12.6. The second kappa shape index (κ2) is 3.71. The third-order valence-electron chi connectivity index (χ3n) is 2.89. The topological polar surface area (TPSA) is 56.3 Å². The summed E-state index contributed by atoms with van der Waals surface area (Å²) in [6.45, 7) is 1.96. The number of benzene rings is 2. The monoisotopic (exact) mass is 261 g/mol. The van der Waals surface area contributed by atoms with Crippen molar-refractivity contribution < 1.29 is 9.34 Å². The molecule has 3 rings (SSSR count). The van der Waals surface area contributed by atoms with Crippen LogP contribution in [-0.2, 0) is 0 Å². The highest BCUT2D eigenvalue weighted by Gasteiger charge is 2.17. The van der Waals surface area contributed by atoms with E-state index < -0.39 is 4.92 Å². The van der Waals surface area contributed by atoms with Crippen molar-refractivity contribution in [2.45, 2.75) is 6.92 Å². The molecule has 0 saturated heterocycles. The Balaban J connectivity index is 2.43. The number of nitro groups is 1. The van der Waals surface area contributed by atoms with Crippen LogP contribution in [0.3, 0.4) is 0 Å². The fourth-order valence-corrected chi connectivity index (χ4v) is 2.27. The largest absolute Gasteiger partial charge is 0.456 e. The van der Waals surface area contributed by atoms with Crippen molar-refractivity contribution in [3.05, 3.63) is 51.0 Å². The molecule has 90 valence electrons. The number of hydrogen-bond acceptors (Lipinski definition) is 3. The van der Waals surface area contributed by atoms with E-state index >= 15 is 0 Å². The molecule has 1 aromatic heterocycles. The van der Waals surface area contributed by atoms with Gasteiger partial charge in [0.1, 0.15) is 16.2 Å². The zero-order valence-corrected chi connectivity index (χ0v) is 10.2. The van der Waals surface area contributed by atoms with Crippen LogP contribution in [0.1, 0.15) is 5.56 Å². The minimum Gasteiger partial charge on any atom is -0.456 e. The Bertz CT molecular complexity index is 792. The molecule has 0 saturated carbocycles. The molecule has 0 aliphatic heterocycles. The van der Waals surface area contributed by atoms with Gasteiger partial charge in [-0.2, -0.15) is 0 Å². The first-order valence-corrected chi connectivity index (χ1v) is 5.71. The summed E-state index contributed by atoms with van der Waals surface area (Å²) in [7, 11) is 0. The van der Waals surface area contributed by atoms with Crippen LogP contribution in [0.15, 0.2) is 34.7 Å². The molecule has 0 unspecified atom stereocenters. The zero-order valence-electron chi connectivity index (χ0n) is 9.44. The van der Waals surface area contributed by atoms with Crippen LogP contribution in [-0.4, -0.2) is 4.92 Å². The van der Waals surface area contributed by atoms with E-state index in [0.717, 1.165) is 16.3 Å². The van der Waals surface area contributed by atoms with E-state index in [1.807, 2.05) is 25.1 Å². The standard InChI is InChI=1S/C13H8ClNO3/c1-7-2-3-8-9-5-10(14)11(15(16)17)6-13(9)18-12(8)4-7/h2-6H,1H3. The second-order valence-corrected chi connectivity index (χ2v) is 4.57. The highest BCUT2D eigenvalue weighted by Crippen LogP contribution is 2.35. The molecule has 0 bridgehead atoms. The first-order valence-electron chi connectivity index (χ1n) is 5.33. The van der Waals surface area contributed by atoms with Crippen LogP contribution in [0.5, 0.6) is 0 Å². The molecule has 1 heterocycles. The number of fused-ring (bicyclic) bond motifs is 3. The van der Waals surface area contributed by atoms with Crippen LogP contribution in [0.25, 0.3) is 21.9 Å². The highest BCUT2D eigenvalue weighted by molar-refractivity contribution is 6.34. The molecule has 5 heteroatoms. The normalized spacial score (nSPS) is 11.2. The summed E-state index contributed by atoms with van der Waals surface area (Å²) < 4.78 is 5.62. The van der Waals surface area contributed by atoms with Gasteiger partial charge < -0.3 is 4.42 Å². The summed E-state index contributed by atoms with van der Waals surface area (Å²) in [5.41, 5.74) is 2.12. The maximum atomic E-state index is 10.8. The van der Waals surface area contributed by atoms with Gasteiger partial charge in [0.05, 0.1) is 11.0 Å². The Labute approximate surface area is 107 Å². The van der Waals surface area contributed by atoms with Crippen molar-refractivity contribution in [1.29, 1.82) is 0 Å². The van der Waals surface area contributed by atoms with Gasteiger partial charge in [0, 0.05) is 10.8 Å². The maximum Gasteiger partial charge on any atom is 0.291 e. The zero-order chi connectivity index (χ0) is 12.9. The lowest BCUT2D eigenvalue weighted by Crippen LogP contribution is -1.88. The molecule has 0 fully saturated rings. The molecule has 0 amide bonds. The van der Waals surface area contributed by atoms with E-state index in [1.165, 1.54) is 6.07 Å². The number of furan rings is 1. The van der Waals surface area contributed by atoms with Gasteiger partial charge in [-0.1, -0.05) is 23.7 Å². The van der Waals surface area contributed by atoms with Gasteiger partial charge in [0.25, 0.3) is 5.69 Å². The summed E-state index contributed by atoms with van der Waals surface area (Å²) in [6, 6.07) is 8.74. The van der Waals surface area contributed by atoms with Gasteiger partial charge in [0.15, 0.2) is 0 Å². The molecule has 0 N–H and O–H groups in total. The molecule has 3 aromatic rings. The average Bonchev–Trinajstić information content (AvgIpc) is 2.64. The Morgan fingerprint density at radius 1 is 1.17 bits per heavy atom. The molecule has 2 aromatic carbocycles. The summed E-state index contributed by atoms with van der Waals surface area (Å²) in [5.74, 6) is 0. The predicted molar refractivity (Wildman–Crippen MR) is 70.1 cm³/mol. The van der Waals surface area contributed by atoms with Crippen LogP contribution < -0.4 is 0 Å². The van der Waals surface area contributed by atoms with Crippen molar-refractivity contribution in [2.24, 2.45) is 0 Å². The summed E-state index contributed by atoms with van der Waals surface area (Å²) in [4.78, 5) is 10.3. The van der Waals surface area contributed by atoms with E-state index in [0.29, 0.717) is 11.2 Å². The number of nitro benzene ring substituents is 1. The Morgan fingerprint density at radius 2 is 1.89 bits per heavy atom.